The highest BCUT2D eigenvalue weighted by Crippen LogP contribution is 2.52. The van der Waals surface area contributed by atoms with Gasteiger partial charge in [-0.2, -0.15) is 0 Å². The van der Waals surface area contributed by atoms with Crippen LogP contribution in [0.3, 0.4) is 0 Å². The molecule has 2 N–H and O–H groups in total. The van der Waals surface area contributed by atoms with E-state index in [0.717, 1.165) is 81.2 Å². The number of aromatic nitrogens is 1. The van der Waals surface area contributed by atoms with E-state index in [4.69, 9.17) is 4.74 Å². The first-order chi connectivity index (χ1) is 30.7. The topological polar surface area (TPSA) is 53.3 Å². The summed E-state index contributed by atoms with van der Waals surface area (Å²) < 4.78 is 8.82. The van der Waals surface area contributed by atoms with E-state index in [-0.39, 0.29) is 5.92 Å². The number of fused-ring (bicyclic) bond motifs is 8. The predicted octanol–water partition coefficient (Wildman–Crippen LogP) is 15.1. The second kappa shape index (κ2) is 14.7. The van der Waals surface area contributed by atoms with Gasteiger partial charge in [-0.05, 0) is 106 Å². The SMILES string of the molecule is N=C(c1ccccc1Nn1c2ccc3c(c2c2cccc(-c4ccc5c(c4)N(c4ccccc4)c4ccccc4O5)c21)C=CCC3)C1C=CC(c2cccc3ccccc23)=CC1. The van der Waals surface area contributed by atoms with Crippen LogP contribution in [0, 0.1) is 11.3 Å². The molecule has 1 unspecified atom stereocenters. The summed E-state index contributed by atoms with van der Waals surface area (Å²) in [5, 5.41) is 14.6. The number of anilines is 4. The highest BCUT2D eigenvalue weighted by atomic mass is 16.5. The molecule has 296 valence electrons. The molecule has 0 fully saturated rings. The Morgan fingerprint density at radius 3 is 2.35 bits per heavy atom. The van der Waals surface area contributed by atoms with Gasteiger partial charge in [0.15, 0.2) is 11.5 Å². The van der Waals surface area contributed by atoms with Crippen molar-refractivity contribution in [2.45, 2.75) is 19.3 Å². The van der Waals surface area contributed by atoms with Crippen LogP contribution in [0.25, 0.3) is 55.4 Å². The fourth-order valence-electron chi connectivity index (χ4n) is 9.85. The van der Waals surface area contributed by atoms with Gasteiger partial charge >= 0.3 is 0 Å². The fourth-order valence-corrected chi connectivity index (χ4v) is 9.85. The first-order valence-corrected chi connectivity index (χ1v) is 21.5. The third kappa shape index (κ3) is 5.88. The summed E-state index contributed by atoms with van der Waals surface area (Å²) >= 11 is 0. The maximum absolute atomic E-state index is 9.70. The summed E-state index contributed by atoms with van der Waals surface area (Å²) in [6, 6.07) is 59.9. The van der Waals surface area contributed by atoms with Crippen molar-refractivity contribution >= 4 is 72.7 Å². The second-order valence-corrected chi connectivity index (χ2v) is 16.4. The molecule has 0 bridgehead atoms. The van der Waals surface area contributed by atoms with E-state index in [1.807, 2.05) is 18.2 Å². The van der Waals surface area contributed by atoms with Crippen LogP contribution in [0.4, 0.5) is 22.7 Å². The molecule has 0 saturated carbocycles. The molecule has 2 aliphatic carbocycles. The van der Waals surface area contributed by atoms with Gasteiger partial charge in [-0.25, -0.2) is 0 Å². The normalized spacial score (nSPS) is 15.2. The maximum Gasteiger partial charge on any atom is 0.151 e. The molecule has 0 radical (unpaired) electrons. The number of hydrogen-bond donors (Lipinski definition) is 2. The number of ether oxygens (including phenoxy) is 1. The second-order valence-electron chi connectivity index (χ2n) is 16.4. The zero-order chi connectivity index (χ0) is 41.1. The van der Waals surface area contributed by atoms with Gasteiger partial charge < -0.3 is 15.0 Å². The third-order valence-corrected chi connectivity index (χ3v) is 12.8. The zero-order valence-electron chi connectivity index (χ0n) is 34.1. The Kier molecular flexibility index (Phi) is 8.53. The molecule has 3 aliphatic rings. The molecule has 62 heavy (non-hydrogen) atoms. The lowest BCUT2D eigenvalue weighted by molar-refractivity contribution is 0.477. The van der Waals surface area contributed by atoms with Crippen LogP contribution in [0.2, 0.25) is 0 Å². The number of benzene rings is 8. The van der Waals surface area contributed by atoms with Crippen LogP contribution in [-0.2, 0) is 6.42 Å². The predicted molar refractivity (Wildman–Crippen MR) is 258 cm³/mol. The molecular weight excluding hydrogens is 757 g/mol. The standard InChI is InChI=1S/C57H42N4O/c58-56(40-30-28-39(29-31-40)44-22-12-16-37-14-4-6-19-43(37)44)47-21-8-9-25-49(47)59-61-51-34-32-38-15-5-7-20-45(38)55(51)48-24-13-23-46(57(48)61)41-33-35-54-52(36-41)60(42-17-2-1-3-18-42)50-26-10-11-27-53(50)62-54/h1-4,6-14,16-30,32-36,40,58-59H,5,15,31H2. The van der Waals surface area contributed by atoms with Gasteiger partial charge in [0, 0.05) is 39.2 Å². The van der Waals surface area contributed by atoms with Gasteiger partial charge in [-0.1, -0.05) is 152 Å². The molecule has 0 amide bonds. The first-order valence-electron chi connectivity index (χ1n) is 21.5. The molecular formula is C57H42N4O. The van der Waals surface area contributed by atoms with Crippen LogP contribution >= 0.6 is 0 Å². The average Bonchev–Trinajstić information content (AvgIpc) is 3.66. The Morgan fingerprint density at radius 2 is 1.44 bits per heavy atom. The summed E-state index contributed by atoms with van der Waals surface area (Å²) in [4.78, 5) is 2.30. The minimum atomic E-state index is -0.0575. The van der Waals surface area contributed by atoms with Crippen molar-refractivity contribution < 1.29 is 4.74 Å². The van der Waals surface area contributed by atoms with E-state index in [1.165, 1.54) is 43.8 Å². The van der Waals surface area contributed by atoms with Gasteiger partial charge in [0.1, 0.15) is 0 Å². The van der Waals surface area contributed by atoms with Gasteiger partial charge in [-0.15, -0.1) is 0 Å². The number of para-hydroxylation sites is 5. The van der Waals surface area contributed by atoms with Crippen LogP contribution in [0.5, 0.6) is 11.5 Å². The highest BCUT2D eigenvalue weighted by molar-refractivity contribution is 6.17. The van der Waals surface area contributed by atoms with Crippen molar-refractivity contribution in [3.05, 3.63) is 216 Å². The molecule has 5 heteroatoms. The van der Waals surface area contributed by atoms with Gasteiger partial charge in [0.2, 0.25) is 0 Å². The van der Waals surface area contributed by atoms with Gasteiger partial charge in [-0.3, -0.25) is 10.1 Å². The fraction of sp³-hybridized carbons (Fsp3) is 0.0702. The van der Waals surface area contributed by atoms with Crippen LogP contribution in [-0.4, -0.2) is 10.4 Å². The van der Waals surface area contributed by atoms with Crippen molar-refractivity contribution in [1.82, 2.24) is 4.68 Å². The molecule has 0 saturated heterocycles. The molecule has 9 aromatic rings. The van der Waals surface area contributed by atoms with Gasteiger partial charge in [0.25, 0.3) is 0 Å². The quantitative estimate of drug-likeness (QED) is 0.158. The minimum Gasteiger partial charge on any atom is -0.453 e. The largest absolute Gasteiger partial charge is 0.453 e. The van der Waals surface area contributed by atoms with Crippen molar-refractivity contribution in [3.63, 3.8) is 0 Å². The minimum absolute atomic E-state index is 0.0575. The van der Waals surface area contributed by atoms with Crippen molar-refractivity contribution in [2.75, 3.05) is 10.3 Å². The summed E-state index contributed by atoms with van der Waals surface area (Å²) in [5.41, 5.74) is 18.8. The summed E-state index contributed by atoms with van der Waals surface area (Å²) in [5.74, 6) is 1.58. The first kappa shape index (κ1) is 36.0. The summed E-state index contributed by atoms with van der Waals surface area (Å²) in [6.45, 7) is 0. The van der Waals surface area contributed by atoms with E-state index in [1.54, 1.807) is 0 Å². The Balaban J connectivity index is 0.972. The number of nitrogens with zero attached hydrogens (tertiary/aromatic N) is 2. The summed E-state index contributed by atoms with van der Waals surface area (Å²) in [6.07, 6.45) is 14.2. The number of aryl methyl sites for hydroxylation is 1. The van der Waals surface area contributed by atoms with Gasteiger partial charge in [0.05, 0.1) is 28.1 Å². The van der Waals surface area contributed by atoms with E-state index in [9.17, 15) is 5.41 Å². The third-order valence-electron chi connectivity index (χ3n) is 12.8. The summed E-state index contributed by atoms with van der Waals surface area (Å²) in [7, 11) is 0. The lowest BCUT2D eigenvalue weighted by Crippen LogP contribution is -2.18. The Labute approximate surface area is 360 Å². The molecule has 12 rings (SSSR count). The van der Waals surface area contributed by atoms with E-state index < -0.39 is 0 Å². The highest BCUT2D eigenvalue weighted by Gasteiger charge is 2.28. The van der Waals surface area contributed by atoms with Crippen molar-refractivity contribution in [1.29, 1.82) is 5.41 Å². The van der Waals surface area contributed by atoms with Crippen LogP contribution in [0.15, 0.2) is 194 Å². The number of nitrogens with one attached hydrogen (secondary N) is 2. The average molecular weight is 799 g/mol. The molecule has 2 heterocycles. The van der Waals surface area contributed by atoms with Crippen molar-refractivity contribution in [2.24, 2.45) is 5.92 Å². The van der Waals surface area contributed by atoms with Crippen LogP contribution in [0.1, 0.15) is 35.1 Å². The van der Waals surface area contributed by atoms with Crippen LogP contribution < -0.4 is 15.1 Å². The van der Waals surface area contributed by atoms with E-state index in [2.05, 4.69) is 197 Å². The lowest BCUT2D eigenvalue weighted by atomic mass is 9.86. The number of allylic oxidation sites excluding steroid dienone is 5. The van der Waals surface area contributed by atoms with Crippen molar-refractivity contribution in [3.8, 4) is 22.6 Å². The van der Waals surface area contributed by atoms with E-state index >= 15 is 0 Å². The monoisotopic (exact) mass is 798 g/mol. The molecule has 1 aromatic heterocycles. The maximum atomic E-state index is 9.70. The van der Waals surface area contributed by atoms with E-state index in [0.29, 0.717) is 5.71 Å². The zero-order valence-corrected chi connectivity index (χ0v) is 34.1. The molecule has 5 nitrogen and oxygen atoms in total. The molecule has 8 aromatic carbocycles. The number of rotatable bonds is 7. The number of hydrogen-bond acceptors (Lipinski definition) is 4. The smallest absolute Gasteiger partial charge is 0.151 e. The Morgan fingerprint density at radius 1 is 0.661 bits per heavy atom. The molecule has 1 atom stereocenters. The lowest BCUT2D eigenvalue weighted by Gasteiger charge is -2.33. The Hall–Kier alpha value is -7.89. The Bertz CT molecular complexity index is 3370. The molecule has 0 spiro atoms. The molecule has 1 aliphatic heterocycles.